The van der Waals surface area contributed by atoms with Gasteiger partial charge in [0.05, 0.1) is 32.0 Å². The van der Waals surface area contributed by atoms with Gasteiger partial charge in [0.1, 0.15) is 16.6 Å². The minimum Gasteiger partial charge on any atom is -0.510 e. The van der Waals surface area contributed by atoms with Crippen molar-refractivity contribution in [1.82, 2.24) is 9.88 Å². The molecule has 0 unspecified atom stereocenters. The SMILES string of the molecule is COc1ccc(-c2csc(C3=C(O)CN(C4CCCC4)C3=N)n2)cc1OC. The van der Waals surface area contributed by atoms with Gasteiger partial charge >= 0.3 is 0 Å². The van der Waals surface area contributed by atoms with Gasteiger partial charge in [-0.25, -0.2) is 4.98 Å². The first kappa shape index (κ1) is 17.9. The molecule has 0 saturated heterocycles. The van der Waals surface area contributed by atoms with Gasteiger partial charge in [-0.05, 0) is 31.0 Å². The second kappa shape index (κ2) is 7.23. The second-order valence-corrected chi connectivity index (χ2v) is 7.70. The highest BCUT2D eigenvalue weighted by molar-refractivity contribution is 7.11. The van der Waals surface area contributed by atoms with E-state index < -0.39 is 0 Å². The van der Waals surface area contributed by atoms with E-state index in [1.165, 1.54) is 24.2 Å². The summed E-state index contributed by atoms with van der Waals surface area (Å²) in [4.78, 5) is 6.72. The Balaban J connectivity index is 1.61. The Kier molecular flexibility index (Phi) is 4.78. The molecule has 0 atom stereocenters. The molecule has 142 valence electrons. The molecule has 2 heterocycles. The van der Waals surface area contributed by atoms with Crippen molar-refractivity contribution in [3.05, 3.63) is 34.3 Å². The van der Waals surface area contributed by atoms with Gasteiger partial charge in [-0.3, -0.25) is 5.41 Å². The Morgan fingerprint density at radius 2 is 1.93 bits per heavy atom. The summed E-state index contributed by atoms with van der Waals surface area (Å²) in [5, 5.41) is 21.7. The quantitative estimate of drug-likeness (QED) is 0.801. The van der Waals surface area contributed by atoms with Crippen LogP contribution in [0.2, 0.25) is 0 Å². The highest BCUT2D eigenvalue weighted by atomic mass is 32.1. The van der Waals surface area contributed by atoms with Gasteiger partial charge in [0.15, 0.2) is 11.5 Å². The van der Waals surface area contributed by atoms with Crippen molar-refractivity contribution < 1.29 is 14.6 Å². The van der Waals surface area contributed by atoms with E-state index >= 15 is 0 Å². The summed E-state index contributed by atoms with van der Waals surface area (Å²) in [5.41, 5.74) is 2.27. The number of aromatic nitrogens is 1. The van der Waals surface area contributed by atoms with E-state index in [-0.39, 0.29) is 5.76 Å². The third-order valence-corrected chi connectivity index (χ3v) is 6.16. The van der Waals surface area contributed by atoms with Crippen LogP contribution in [0.1, 0.15) is 30.7 Å². The number of aliphatic hydroxyl groups excluding tert-OH is 1. The summed E-state index contributed by atoms with van der Waals surface area (Å²) in [6, 6.07) is 6.03. The van der Waals surface area contributed by atoms with Crippen molar-refractivity contribution in [2.45, 2.75) is 31.7 Å². The Hall–Kier alpha value is -2.54. The fourth-order valence-corrected chi connectivity index (χ4v) is 4.76. The Bertz CT molecular complexity index is 900. The van der Waals surface area contributed by atoms with Crippen LogP contribution in [0, 0.1) is 5.41 Å². The van der Waals surface area contributed by atoms with Crippen molar-refractivity contribution in [3.63, 3.8) is 0 Å². The molecule has 2 aromatic rings. The average molecular weight is 385 g/mol. The molecule has 6 nitrogen and oxygen atoms in total. The lowest BCUT2D eigenvalue weighted by molar-refractivity contribution is 0.296. The van der Waals surface area contributed by atoms with E-state index in [0.29, 0.717) is 40.5 Å². The summed E-state index contributed by atoms with van der Waals surface area (Å²) in [5.74, 6) is 1.96. The second-order valence-electron chi connectivity index (χ2n) is 6.84. The standard InChI is InChI=1S/C20H23N3O3S/c1-25-16-8-7-12(9-17(16)26-2)14-11-27-20(22-14)18-15(24)10-23(19(18)21)13-5-3-4-6-13/h7-9,11,13,21,24H,3-6,10H2,1-2H3. The van der Waals surface area contributed by atoms with Crippen LogP contribution in [-0.4, -0.2) is 47.6 Å². The van der Waals surface area contributed by atoms with Crippen LogP contribution in [0.3, 0.4) is 0 Å². The van der Waals surface area contributed by atoms with Crippen molar-refractivity contribution in [3.8, 4) is 22.8 Å². The molecule has 0 radical (unpaired) electrons. The van der Waals surface area contributed by atoms with Crippen molar-refractivity contribution in [2.24, 2.45) is 0 Å². The number of thiazole rings is 1. The lowest BCUT2D eigenvalue weighted by atomic mass is 10.1. The first-order valence-electron chi connectivity index (χ1n) is 9.08. The molecule has 1 aliphatic carbocycles. The number of methoxy groups -OCH3 is 2. The molecule has 2 N–H and O–H groups in total. The largest absolute Gasteiger partial charge is 0.510 e. The molecule has 2 aliphatic rings. The van der Waals surface area contributed by atoms with Crippen LogP contribution < -0.4 is 9.47 Å². The summed E-state index contributed by atoms with van der Waals surface area (Å²) in [6.07, 6.45) is 4.59. The predicted octanol–water partition coefficient (Wildman–Crippen LogP) is 4.33. The fraction of sp³-hybridized carbons (Fsp3) is 0.400. The first-order chi connectivity index (χ1) is 13.1. The van der Waals surface area contributed by atoms with Gasteiger partial charge in [0, 0.05) is 17.0 Å². The minimum absolute atomic E-state index is 0.250. The summed E-state index contributed by atoms with van der Waals surface area (Å²) in [7, 11) is 3.21. The van der Waals surface area contributed by atoms with Crippen LogP contribution >= 0.6 is 11.3 Å². The van der Waals surface area contributed by atoms with E-state index in [1.54, 1.807) is 14.2 Å². The number of rotatable bonds is 5. The number of aliphatic hydroxyl groups is 1. The molecule has 1 aliphatic heterocycles. The van der Waals surface area contributed by atoms with E-state index in [1.807, 2.05) is 28.5 Å². The number of nitrogens with one attached hydrogen (secondary N) is 1. The fourth-order valence-electron chi connectivity index (χ4n) is 3.87. The first-order valence-corrected chi connectivity index (χ1v) is 9.96. The maximum atomic E-state index is 10.5. The monoisotopic (exact) mass is 385 g/mol. The molecule has 27 heavy (non-hydrogen) atoms. The molecule has 0 amide bonds. The number of hydrogen-bond acceptors (Lipinski definition) is 6. The molecule has 1 saturated carbocycles. The summed E-state index contributed by atoms with van der Waals surface area (Å²) < 4.78 is 10.7. The third kappa shape index (κ3) is 3.16. The maximum Gasteiger partial charge on any atom is 0.161 e. The van der Waals surface area contributed by atoms with Crippen molar-refractivity contribution in [2.75, 3.05) is 20.8 Å². The minimum atomic E-state index is 0.250. The Morgan fingerprint density at radius 1 is 1.19 bits per heavy atom. The topological polar surface area (TPSA) is 78.7 Å². The highest BCUT2D eigenvalue weighted by Gasteiger charge is 2.35. The van der Waals surface area contributed by atoms with Crippen LogP contribution in [0.5, 0.6) is 11.5 Å². The number of hydrogen-bond donors (Lipinski definition) is 2. The molecule has 1 fully saturated rings. The summed E-state index contributed by atoms with van der Waals surface area (Å²) in [6.45, 7) is 0.421. The zero-order valence-electron chi connectivity index (χ0n) is 15.5. The van der Waals surface area contributed by atoms with Crippen LogP contribution in [0.15, 0.2) is 29.3 Å². The van der Waals surface area contributed by atoms with E-state index in [9.17, 15) is 5.11 Å². The zero-order valence-corrected chi connectivity index (χ0v) is 16.3. The van der Waals surface area contributed by atoms with Gasteiger partial charge in [0.2, 0.25) is 0 Å². The van der Waals surface area contributed by atoms with Crippen molar-refractivity contribution in [1.29, 1.82) is 5.41 Å². The number of nitrogens with zero attached hydrogens (tertiary/aromatic N) is 2. The molecule has 4 rings (SSSR count). The molecular weight excluding hydrogens is 362 g/mol. The maximum absolute atomic E-state index is 10.5. The van der Waals surface area contributed by atoms with Crippen molar-refractivity contribution >= 4 is 22.7 Å². The summed E-state index contributed by atoms with van der Waals surface area (Å²) >= 11 is 1.45. The molecule has 0 spiro atoms. The van der Waals surface area contributed by atoms with Gasteiger partial charge in [-0.1, -0.05) is 12.8 Å². The van der Waals surface area contributed by atoms with Gasteiger partial charge < -0.3 is 19.5 Å². The number of amidine groups is 1. The molecule has 1 aromatic heterocycles. The van der Waals surface area contributed by atoms with Crippen LogP contribution in [0.25, 0.3) is 16.8 Å². The molecule has 7 heteroatoms. The Labute approximate surface area is 162 Å². The van der Waals surface area contributed by atoms with Gasteiger partial charge in [0.25, 0.3) is 0 Å². The third-order valence-electron chi connectivity index (χ3n) is 5.30. The molecule has 0 bridgehead atoms. The van der Waals surface area contributed by atoms with Crippen LogP contribution in [0.4, 0.5) is 0 Å². The predicted molar refractivity (Wildman–Crippen MR) is 107 cm³/mol. The lowest BCUT2D eigenvalue weighted by Gasteiger charge is -2.25. The van der Waals surface area contributed by atoms with E-state index in [0.717, 1.165) is 24.1 Å². The molecular formula is C20H23N3O3S. The number of ether oxygens (including phenoxy) is 2. The zero-order chi connectivity index (χ0) is 19.0. The van der Waals surface area contributed by atoms with Gasteiger partial charge in [-0.15, -0.1) is 11.3 Å². The number of benzene rings is 1. The Morgan fingerprint density at radius 3 is 2.63 bits per heavy atom. The van der Waals surface area contributed by atoms with E-state index in [4.69, 9.17) is 19.9 Å². The van der Waals surface area contributed by atoms with Gasteiger partial charge in [-0.2, -0.15) is 0 Å². The smallest absolute Gasteiger partial charge is 0.161 e. The normalized spacial score (nSPS) is 17.9. The highest BCUT2D eigenvalue weighted by Crippen LogP contribution is 2.37. The lowest BCUT2D eigenvalue weighted by Crippen LogP contribution is -2.35. The van der Waals surface area contributed by atoms with E-state index in [2.05, 4.69) is 0 Å². The average Bonchev–Trinajstić information content (AvgIpc) is 3.42. The molecule has 1 aromatic carbocycles. The van der Waals surface area contributed by atoms with Crippen LogP contribution in [-0.2, 0) is 0 Å².